The van der Waals surface area contributed by atoms with Crippen LogP contribution in [-0.2, 0) is 11.3 Å². The lowest BCUT2D eigenvalue weighted by atomic mass is 10.2. The topological polar surface area (TPSA) is 49.2 Å². The van der Waals surface area contributed by atoms with Crippen LogP contribution >= 0.6 is 0 Å². The molecule has 0 unspecified atom stereocenters. The van der Waals surface area contributed by atoms with Crippen molar-refractivity contribution in [3.63, 3.8) is 0 Å². The van der Waals surface area contributed by atoms with E-state index in [9.17, 15) is 0 Å². The highest BCUT2D eigenvalue weighted by atomic mass is 16.5. The molecule has 2 rings (SSSR count). The lowest BCUT2D eigenvalue weighted by Gasteiger charge is -2.26. The zero-order chi connectivity index (χ0) is 10.5. The van der Waals surface area contributed by atoms with Crippen LogP contribution in [0.5, 0.6) is 0 Å². The van der Waals surface area contributed by atoms with Gasteiger partial charge in [-0.25, -0.2) is 4.98 Å². The van der Waals surface area contributed by atoms with Gasteiger partial charge in [0.2, 0.25) is 0 Å². The summed E-state index contributed by atoms with van der Waals surface area (Å²) in [6, 6.07) is 5.73. The summed E-state index contributed by atoms with van der Waals surface area (Å²) in [7, 11) is 0. The molecule has 4 heteroatoms. The predicted octanol–water partition coefficient (Wildman–Crippen LogP) is 0.785. The summed E-state index contributed by atoms with van der Waals surface area (Å²) in [5, 5.41) is 8.61. The molecule has 0 amide bonds. The molecule has 15 heavy (non-hydrogen) atoms. The first kappa shape index (κ1) is 10.1. The summed E-state index contributed by atoms with van der Waals surface area (Å²) in [4.78, 5) is 6.37. The second-order valence-electron chi connectivity index (χ2n) is 3.55. The Hall–Kier alpha value is -1.44. The van der Waals surface area contributed by atoms with Gasteiger partial charge in [-0.05, 0) is 11.6 Å². The Morgan fingerprint density at radius 1 is 1.40 bits per heavy atom. The molecule has 0 bridgehead atoms. The minimum absolute atomic E-state index is 0.473. The number of hydrogen-bond donors (Lipinski definition) is 0. The van der Waals surface area contributed by atoms with Crippen LogP contribution in [0.4, 0.5) is 0 Å². The van der Waals surface area contributed by atoms with Crippen LogP contribution in [0.25, 0.3) is 0 Å². The van der Waals surface area contributed by atoms with Crippen molar-refractivity contribution in [1.82, 2.24) is 9.88 Å². The molecule has 1 aliphatic rings. The Kier molecular flexibility index (Phi) is 3.28. The first-order valence-electron chi connectivity index (χ1n) is 5.03. The second kappa shape index (κ2) is 4.87. The Morgan fingerprint density at radius 2 is 2.20 bits per heavy atom. The minimum atomic E-state index is 0.473. The number of morpholine rings is 1. The van der Waals surface area contributed by atoms with Gasteiger partial charge in [-0.1, -0.05) is 6.07 Å². The average Bonchev–Trinajstić information content (AvgIpc) is 2.31. The van der Waals surface area contributed by atoms with Crippen molar-refractivity contribution in [2.45, 2.75) is 6.54 Å². The van der Waals surface area contributed by atoms with Gasteiger partial charge >= 0.3 is 0 Å². The lowest BCUT2D eigenvalue weighted by molar-refractivity contribution is 0.0341. The molecule has 0 N–H and O–H groups in total. The van der Waals surface area contributed by atoms with Crippen molar-refractivity contribution < 1.29 is 4.74 Å². The molecule has 4 nitrogen and oxygen atoms in total. The summed E-state index contributed by atoms with van der Waals surface area (Å²) >= 11 is 0. The molecular formula is C11H13N3O. The molecule has 0 aromatic carbocycles. The Morgan fingerprint density at radius 3 is 2.80 bits per heavy atom. The Balaban J connectivity index is 1.95. The maximum absolute atomic E-state index is 8.61. The zero-order valence-electron chi connectivity index (χ0n) is 8.52. The van der Waals surface area contributed by atoms with E-state index in [4.69, 9.17) is 10.00 Å². The molecule has 0 saturated carbocycles. The van der Waals surface area contributed by atoms with Crippen molar-refractivity contribution in [3.8, 4) is 6.07 Å². The van der Waals surface area contributed by atoms with Gasteiger partial charge in [-0.3, -0.25) is 4.90 Å². The number of rotatable bonds is 2. The summed E-state index contributed by atoms with van der Waals surface area (Å²) in [6.07, 6.45) is 1.77. The first-order chi connectivity index (χ1) is 7.38. The minimum Gasteiger partial charge on any atom is -0.379 e. The fraction of sp³-hybridized carbons (Fsp3) is 0.455. The Labute approximate surface area is 89.1 Å². The summed E-state index contributed by atoms with van der Waals surface area (Å²) in [5.74, 6) is 0. The summed E-state index contributed by atoms with van der Waals surface area (Å²) < 4.78 is 5.27. The van der Waals surface area contributed by atoms with E-state index in [-0.39, 0.29) is 0 Å². The number of pyridine rings is 1. The van der Waals surface area contributed by atoms with Crippen molar-refractivity contribution in [2.24, 2.45) is 0 Å². The van der Waals surface area contributed by atoms with Gasteiger partial charge < -0.3 is 4.74 Å². The third kappa shape index (κ3) is 2.75. The zero-order valence-corrected chi connectivity index (χ0v) is 8.52. The van der Waals surface area contributed by atoms with Crippen LogP contribution in [0, 0.1) is 11.3 Å². The average molecular weight is 203 g/mol. The fourth-order valence-corrected chi connectivity index (χ4v) is 1.60. The molecule has 0 aliphatic carbocycles. The van der Waals surface area contributed by atoms with E-state index in [2.05, 4.69) is 9.88 Å². The summed E-state index contributed by atoms with van der Waals surface area (Å²) in [6.45, 7) is 4.45. The first-order valence-corrected chi connectivity index (χ1v) is 5.03. The SMILES string of the molecule is N#Cc1ccc(CN2CCOCC2)cn1. The van der Waals surface area contributed by atoms with Crippen LogP contribution < -0.4 is 0 Å². The van der Waals surface area contributed by atoms with Gasteiger partial charge in [0, 0.05) is 25.8 Å². The predicted molar refractivity (Wildman–Crippen MR) is 55.0 cm³/mol. The largest absolute Gasteiger partial charge is 0.379 e. The molecule has 1 saturated heterocycles. The highest BCUT2D eigenvalue weighted by Gasteiger charge is 2.10. The van der Waals surface area contributed by atoms with E-state index < -0.39 is 0 Å². The number of ether oxygens (including phenoxy) is 1. The van der Waals surface area contributed by atoms with Gasteiger partial charge in [0.15, 0.2) is 0 Å². The van der Waals surface area contributed by atoms with Crippen molar-refractivity contribution >= 4 is 0 Å². The van der Waals surface area contributed by atoms with Gasteiger partial charge in [0.05, 0.1) is 13.2 Å². The molecule has 0 atom stereocenters. The van der Waals surface area contributed by atoms with Crippen molar-refractivity contribution in [1.29, 1.82) is 5.26 Å². The molecule has 78 valence electrons. The van der Waals surface area contributed by atoms with E-state index in [1.54, 1.807) is 12.3 Å². The van der Waals surface area contributed by atoms with Crippen LogP contribution in [0.2, 0.25) is 0 Å². The molecule has 1 fully saturated rings. The fourth-order valence-electron chi connectivity index (χ4n) is 1.60. The quantitative estimate of drug-likeness (QED) is 0.713. The van der Waals surface area contributed by atoms with Crippen LogP contribution in [0.3, 0.4) is 0 Å². The maximum Gasteiger partial charge on any atom is 0.140 e. The number of nitrogens with zero attached hydrogens (tertiary/aromatic N) is 3. The van der Waals surface area contributed by atoms with Gasteiger partial charge in [0.25, 0.3) is 0 Å². The van der Waals surface area contributed by atoms with Crippen LogP contribution in [-0.4, -0.2) is 36.2 Å². The maximum atomic E-state index is 8.61. The lowest BCUT2D eigenvalue weighted by Crippen LogP contribution is -2.35. The number of hydrogen-bond acceptors (Lipinski definition) is 4. The third-order valence-electron chi connectivity index (χ3n) is 2.45. The van der Waals surface area contributed by atoms with Crippen LogP contribution in [0.1, 0.15) is 11.3 Å². The third-order valence-corrected chi connectivity index (χ3v) is 2.45. The van der Waals surface area contributed by atoms with Crippen LogP contribution in [0.15, 0.2) is 18.3 Å². The molecule has 1 aliphatic heterocycles. The van der Waals surface area contributed by atoms with E-state index in [1.807, 2.05) is 12.1 Å². The Bertz CT molecular complexity index is 349. The smallest absolute Gasteiger partial charge is 0.140 e. The highest BCUT2D eigenvalue weighted by Crippen LogP contribution is 2.06. The summed E-state index contributed by atoms with van der Waals surface area (Å²) in [5.41, 5.74) is 1.62. The molecule has 2 heterocycles. The molecule has 1 aromatic rings. The molecule has 1 aromatic heterocycles. The van der Waals surface area contributed by atoms with Gasteiger partial charge in [-0.15, -0.1) is 0 Å². The normalized spacial score (nSPS) is 17.3. The second-order valence-corrected chi connectivity index (χ2v) is 3.55. The molecular weight excluding hydrogens is 190 g/mol. The number of nitriles is 1. The van der Waals surface area contributed by atoms with Crippen molar-refractivity contribution in [2.75, 3.05) is 26.3 Å². The van der Waals surface area contributed by atoms with E-state index in [1.165, 1.54) is 0 Å². The van der Waals surface area contributed by atoms with Crippen molar-refractivity contribution in [3.05, 3.63) is 29.6 Å². The molecule has 0 radical (unpaired) electrons. The number of aromatic nitrogens is 1. The van der Waals surface area contributed by atoms with E-state index in [0.29, 0.717) is 5.69 Å². The van der Waals surface area contributed by atoms with Gasteiger partial charge in [-0.2, -0.15) is 5.26 Å². The van der Waals surface area contributed by atoms with Gasteiger partial charge in [0.1, 0.15) is 11.8 Å². The monoisotopic (exact) mass is 203 g/mol. The molecule has 0 spiro atoms. The van der Waals surface area contributed by atoms with E-state index >= 15 is 0 Å². The van der Waals surface area contributed by atoms with E-state index in [0.717, 1.165) is 38.4 Å². The highest BCUT2D eigenvalue weighted by molar-refractivity contribution is 5.23. The standard InChI is InChI=1S/C11H13N3O/c12-7-11-2-1-10(8-13-11)9-14-3-5-15-6-4-14/h1-2,8H,3-6,9H2.